The van der Waals surface area contributed by atoms with Gasteiger partial charge in [0.05, 0.1) is 5.75 Å². The van der Waals surface area contributed by atoms with E-state index in [1.165, 1.54) is 21.6 Å². The van der Waals surface area contributed by atoms with Gasteiger partial charge >= 0.3 is 12.1 Å². The molecule has 8 nitrogen and oxygen atoms in total. The average Bonchev–Trinajstić information content (AvgIpc) is 3.12. The molecule has 4 N–H and O–H groups in total. The minimum absolute atomic E-state index is 0.0400. The third kappa shape index (κ3) is 11.8. The number of carbonyl (C=O) groups is 4. The number of rotatable bonds is 10. The zero-order chi connectivity index (χ0) is 20.1. The van der Waals surface area contributed by atoms with Gasteiger partial charge in [-0.3, -0.25) is 20.2 Å². The summed E-state index contributed by atoms with van der Waals surface area (Å²) in [5.74, 6) is 0.627. The summed E-state index contributed by atoms with van der Waals surface area (Å²) in [6.45, 7) is 5.05. The van der Waals surface area contributed by atoms with Gasteiger partial charge < -0.3 is 10.6 Å². The molecule has 0 aliphatic heterocycles. The molecule has 1 saturated carbocycles. The van der Waals surface area contributed by atoms with E-state index in [9.17, 15) is 19.2 Å². The fourth-order valence-electron chi connectivity index (χ4n) is 2.49. The van der Waals surface area contributed by atoms with Crippen LogP contribution in [0.25, 0.3) is 0 Å². The summed E-state index contributed by atoms with van der Waals surface area (Å²) in [5, 5.41) is 9.89. The van der Waals surface area contributed by atoms with Gasteiger partial charge in [-0.15, -0.1) is 0 Å². The van der Waals surface area contributed by atoms with Crippen molar-refractivity contribution in [3.8, 4) is 0 Å². The second-order valence-electron chi connectivity index (χ2n) is 6.80. The first-order valence-corrected chi connectivity index (χ1v) is 11.8. The van der Waals surface area contributed by atoms with Crippen molar-refractivity contribution in [1.82, 2.24) is 21.3 Å². The highest BCUT2D eigenvalue weighted by atomic mass is 33.1. The topological polar surface area (TPSA) is 116 Å². The molecule has 1 aliphatic carbocycles. The van der Waals surface area contributed by atoms with Crippen molar-refractivity contribution in [3.05, 3.63) is 0 Å². The molecule has 1 aliphatic rings. The molecule has 1 rings (SSSR count). The number of hydrogen-bond acceptors (Lipinski definition) is 6. The van der Waals surface area contributed by atoms with Crippen LogP contribution in [-0.4, -0.2) is 48.5 Å². The van der Waals surface area contributed by atoms with E-state index < -0.39 is 12.1 Å². The molecular weight excluding hydrogens is 388 g/mol. The third-order valence-corrected chi connectivity index (χ3v) is 6.24. The van der Waals surface area contributed by atoms with Crippen LogP contribution in [0.1, 0.15) is 46.0 Å². The van der Waals surface area contributed by atoms with E-state index in [4.69, 9.17) is 0 Å². The van der Waals surface area contributed by atoms with E-state index in [1.807, 2.05) is 0 Å². The molecule has 6 amide bonds. The minimum Gasteiger partial charge on any atom is -0.338 e. The van der Waals surface area contributed by atoms with E-state index in [2.05, 4.69) is 35.1 Å². The van der Waals surface area contributed by atoms with Gasteiger partial charge in [0.15, 0.2) is 0 Å². The molecule has 0 aromatic rings. The summed E-state index contributed by atoms with van der Waals surface area (Å²) in [7, 11) is 2.72. The Hall–Kier alpha value is -1.42. The van der Waals surface area contributed by atoms with Crippen molar-refractivity contribution in [2.45, 2.75) is 46.0 Å². The number of amides is 6. The summed E-state index contributed by atoms with van der Waals surface area (Å²) < 4.78 is 0. The number of nitrogens with one attached hydrogen (secondary N) is 4. The molecule has 0 aromatic heterocycles. The summed E-state index contributed by atoms with van der Waals surface area (Å²) in [4.78, 5) is 46.5. The Kier molecular flexibility index (Phi) is 12.0. The first-order valence-electron chi connectivity index (χ1n) is 9.29. The van der Waals surface area contributed by atoms with Gasteiger partial charge in [-0.2, -0.15) is 0 Å². The van der Waals surface area contributed by atoms with Gasteiger partial charge in [0.1, 0.15) is 0 Å². The summed E-state index contributed by atoms with van der Waals surface area (Å²) in [6, 6.07) is -0.954. The van der Waals surface area contributed by atoms with Crippen molar-refractivity contribution in [2.24, 2.45) is 11.8 Å². The first-order chi connectivity index (χ1) is 12.9. The van der Waals surface area contributed by atoms with E-state index >= 15 is 0 Å². The zero-order valence-electron chi connectivity index (χ0n) is 16.0. The Morgan fingerprint density at radius 2 is 1.56 bits per heavy atom. The molecule has 0 aromatic carbocycles. The van der Waals surface area contributed by atoms with Crippen LogP contribution in [0.15, 0.2) is 0 Å². The third-order valence-electron chi connectivity index (χ3n) is 3.97. The van der Waals surface area contributed by atoms with Crippen molar-refractivity contribution in [3.63, 3.8) is 0 Å². The number of hydrogen-bond donors (Lipinski definition) is 4. The molecular formula is C17H30N4O4S2. The van der Waals surface area contributed by atoms with Crippen LogP contribution in [0.2, 0.25) is 0 Å². The van der Waals surface area contributed by atoms with Gasteiger partial charge in [-0.1, -0.05) is 48.3 Å². The largest absolute Gasteiger partial charge is 0.338 e. The van der Waals surface area contributed by atoms with E-state index in [0.29, 0.717) is 24.8 Å². The second-order valence-corrected chi connectivity index (χ2v) is 9.38. The molecule has 0 unspecified atom stereocenters. The van der Waals surface area contributed by atoms with Crippen molar-refractivity contribution in [1.29, 1.82) is 0 Å². The van der Waals surface area contributed by atoms with E-state index in [0.717, 1.165) is 32.1 Å². The van der Waals surface area contributed by atoms with Gasteiger partial charge in [-0.05, 0) is 25.2 Å². The predicted molar refractivity (Wildman–Crippen MR) is 109 cm³/mol. The van der Waals surface area contributed by atoms with Crippen LogP contribution in [0.3, 0.4) is 0 Å². The summed E-state index contributed by atoms with van der Waals surface area (Å²) >= 11 is 0. The fraction of sp³-hybridized carbons (Fsp3) is 0.765. The lowest BCUT2D eigenvalue weighted by molar-refractivity contribution is -0.123. The Balaban J connectivity index is 1.98. The Labute approximate surface area is 168 Å². The fourth-order valence-corrected chi connectivity index (χ4v) is 4.23. The molecule has 0 radical (unpaired) electrons. The van der Waals surface area contributed by atoms with Crippen molar-refractivity contribution in [2.75, 3.05) is 24.6 Å². The molecule has 0 saturated heterocycles. The average molecular weight is 419 g/mol. The lowest BCUT2D eigenvalue weighted by Gasteiger charge is -2.10. The number of carbonyl (C=O) groups excluding carboxylic acids is 4. The standard InChI is InChI=1S/C17H30N4O4S2/c1-12(2)7-8-18-16(24)20-14(22)11-27-26-10-9-19-17(25)21-15(23)13-5-3-4-6-13/h12-13H,3-11H2,1-2H3,(H2,18,20,22,24)(H2,19,21,23,25). The minimum atomic E-state index is -0.478. The van der Waals surface area contributed by atoms with Crippen LogP contribution in [0.4, 0.5) is 9.59 Å². The van der Waals surface area contributed by atoms with Gasteiger partial charge in [0, 0.05) is 24.8 Å². The Morgan fingerprint density at radius 3 is 2.22 bits per heavy atom. The number of imide groups is 2. The second kappa shape index (κ2) is 13.7. The number of urea groups is 2. The van der Waals surface area contributed by atoms with Crippen LogP contribution in [-0.2, 0) is 9.59 Å². The maximum atomic E-state index is 11.8. The normalized spacial score (nSPS) is 14.0. The zero-order valence-corrected chi connectivity index (χ0v) is 17.6. The lowest BCUT2D eigenvalue weighted by atomic mass is 10.1. The predicted octanol–water partition coefficient (Wildman–Crippen LogP) is 2.26. The Bertz CT molecular complexity index is 511. The maximum Gasteiger partial charge on any atom is 0.321 e. The van der Waals surface area contributed by atoms with Gasteiger partial charge in [-0.25, -0.2) is 9.59 Å². The Morgan fingerprint density at radius 1 is 0.926 bits per heavy atom. The first kappa shape index (κ1) is 23.6. The maximum absolute atomic E-state index is 11.8. The van der Waals surface area contributed by atoms with Crippen LogP contribution < -0.4 is 21.3 Å². The van der Waals surface area contributed by atoms with Crippen LogP contribution >= 0.6 is 21.6 Å². The molecule has 0 bridgehead atoms. The molecule has 0 atom stereocenters. The van der Waals surface area contributed by atoms with Gasteiger partial charge in [0.25, 0.3) is 0 Å². The van der Waals surface area contributed by atoms with E-state index in [-0.39, 0.29) is 23.5 Å². The van der Waals surface area contributed by atoms with Gasteiger partial charge in [0.2, 0.25) is 11.8 Å². The molecule has 0 heterocycles. The lowest BCUT2D eigenvalue weighted by Crippen LogP contribution is -2.42. The monoisotopic (exact) mass is 418 g/mol. The molecule has 0 spiro atoms. The van der Waals surface area contributed by atoms with E-state index in [1.54, 1.807) is 0 Å². The molecule has 10 heteroatoms. The summed E-state index contributed by atoms with van der Waals surface area (Å²) in [5.41, 5.74) is 0. The SMILES string of the molecule is CC(C)CCNC(=O)NC(=O)CSSCCNC(=O)NC(=O)C1CCCC1. The highest BCUT2D eigenvalue weighted by molar-refractivity contribution is 8.76. The van der Waals surface area contributed by atoms with Crippen molar-refractivity contribution >= 4 is 45.5 Å². The molecule has 27 heavy (non-hydrogen) atoms. The highest BCUT2D eigenvalue weighted by Gasteiger charge is 2.23. The summed E-state index contributed by atoms with van der Waals surface area (Å²) in [6.07, 6.45) is 4.65. The molecule has 154 valence electrons. The van der Waals surface area contributed by atoms with Crippen molar-refractivity contribution < 1.29 is 19.2 Å². The van der Waals surface area contributed by atoms with Crippen LogP contribution in [0.5, 0.6) is 0 Å². The quantitative estimate of drug-likeness (QED) is 0.319. The smallest absolute Gasteiger partial charge is 0.321 e. The molecule has 1 fully saturated rings. The highest BCUT2D eigenvalue weighted by Crippen LogP contribution is 2.24. The van der Waals surface area contributed by atoms with Crippen LogP contribution in [0, 0.1) is 11.8 Å².